The van der Waals surface area contributed by atoms with E-state index in [4.69, 9.17) is 0 Å². The zero-order valence-electron chi connectivity index (χ0n) is 2.87. The fourth-order valence-electron chi connectivity index (χ4n) is 0. The van der Waals surface area contributed by atoms with Gasteiger partial charge in [-0.05, 0) is 0 Å². The fourth-order valence-corrected chi connectivity index (χ4v) is 0. The molecule has 0 heterocycles. The van der Waals surface area contributed by atoms with Gasteiger partial charge in [-0.25, -0.2) is 0 Å². The van der Waals surface area contributed by atoms with E-state index in [1.807, 2.05) is 0 Å². The summed E-state index contributed by atoms with van der Waals surface area (Å²) in [5.41, 5.74) is 0. The minimum absolute atomic E-state index is 0. The van der Waals surface area contributed by atoms with E-state index in [-0.39, 0.29) is 119 Å². The summed E-state index contributed by atoms with van der Waals surface area (Å²) in [5, 5.41) is 0. The Morgan fingerprint density at radius 2 is 0.500 bits per heavy atom. The molecule has 0 aliphatic rings. The molecule has 6 heavy (non-hydrogen) atoms. The Kier molecular flexibility index (Phi) is 367. The molecule has 0 aromatic carbocycles. The van der Waals surface area contributed by atoms with Crippen LogP contribution in [0, 0.1) is 39.9 Å². The Hall–Kier alpha value is 3.48. The second-order valence-corrected chi connectivity index (χ2v) is 0. The molecule has 0 aliphatic heterocycles. The zero-order chi connectivity index (χ0) is 0. The number of hydrogen-bond donors (Lipinski definition) is 0. The molecule has 0 saturated carbocycles. The maximum absolute atomic E-state index is 0. The molecule has 0 unspecified atom stereocenters. The van der Waals surface area contributed by atoms with Crippen molar-refractivity contribution in [3.8, 4) is 0 Å². The number of hydrogen-bond acceptors (Lipinski definition) is 0. The molecule has 0 spiro atoms. The molecule has 0 amide bonds. The quantitative estimate of drug-likeness (QED) is 0.389. The van der Waals surface area contributed by atoms with Crippen molar-refractivity contribution in [1.82, 2.24) is 0 Å². The predicted molar refractivity (Wildman–Crippen MR) is 0 cm³/mol. The molecule has 0 nitrogen and oxygen atoms in total. The van der Waals surface area contributed by atoms with Crippen molar-refractivity contribution in [2.24, 2.45) is 0 Å². The molecule has 0 N–H and O–H groups in total. The Morgan fingerprint density at radius 1 is 0.500 bits per heavy atom. The van der Waals surface area contributed by atoms with Crippen molar-refractivity contribution in [3.05, 3.63) is 0 Å². The van der Waals surface area contributed by atoms with Crippen LogP contribution in [0.15, 0.2) is 0 Å². The molecule has 37 valence electrons. The van der Waals surface area contributed by atoms with E-state index in [0.29, 0.717) is 0 Å². The molecular weight excluding hydrogens is 322 g/mol. The summed E-state index contributed by atoms with van der Waals surface area (Å²) in [6.07, 6.45) is 0. The van der Waals surface area contributed by atoms with Crippen molar-refractivity contribution in [2.75, 3.05) is 0 Å². The van der Waals surface area contributed by atoms with E-state index in [0.717, 1.165) is 0 Å². The van der Waals surface area contributed by atoms with Gasteiger partial charge in [-0.1, -0.05) is 0 Å². The molecule has 1 radical (unpaired) electrons. The monoisotopic (exact) mass is 321 g/mol. The van der Waals surface area contributed by atoms with E-state index in [2.05, 4.69) is 0 Å². The summed E-state index contributed by atoms with van der Waals surface area (Å²) in [7, 11) is 0. The topological polar surface area (TPSA) is 0 Å². The average Bonchev–Trinajstić information content (AvgIpc) is 0. The van der Waals surface area contributed by atoms with Crippen LogP contribution in [0.2, 0.25) is 0 Å². The van der Waals surface area contributed by atoms with Gasteiger partial charge in [-0.3, -0.25) is 0 Å². The maximum Gasteiger partial charge on any atom is 3.00 e. The van der Waals surface area contributed by atoms with Crippen LogP contribution >= 0.6 is 0 Å². The van der Waals surface area contributed by atoms with Gasteiger partial charge in [0.15, 0.2) is 0 Å². The first-order chi connectivity index (χ1) is 0. The number of rotatable bonds is 0. The molecule has 0 bridgehead atoms. The average molecular weight is 322 g/mol. The smallest absolute Gasteiger partial charge is 1.00 e. The predicted octanol–water partition coefficient (Wildman–Crippen LogP) is -15.0. The minimum atomic E-state index is 0. The molecule has 6 heteroatoms. The first-order valence-corrected chi connectivity index (χ1v) is 0. The molecule has 0 rings (SSSR count). The molecule has 0 aromatic heterocycles. The first-order valence-electron chi connectivity index (χ1n) is 0. The second kappa shape index (κ2) is 39.1. The summed E-state index contributed by atoms with van der Waals surface area (Å²) in [6, 6.07) is 0. The molecule has 0 fully saturated rings. The van der Waals surface area contributed by atoms with Crippen LogP contribution in [-0.2, 0) is 0 Å². The van der Waals surface area contributed by atoms with Gasteiger partial charge in [0.05, 0.1) is 0 Å². The van der Waals surface area contributed by atoms with Crippen molar-refractivity contribution in [1.29, 1.82) is 0 Å². The van der Waals surface area contributed by atoms with Gasteiger partial charge in [-0.15, -0.1) is 0 Å². The third-order valence-electron chi connectivity index (χ3n) is 0. The van der Waals surface area contributed by atoms with E-state index >= 15 is 0 Å². The summed E-state index contributed by atoms with van der Waals surface area (Å²) >= 11 is 0. The van der Waals surface area contributed by atoms with Crippen molar-refractivity contribution in [2.45, 2.75) is 0 Å². The number of halogens is 4. The van der Waals surface area contributed by atoms with Crippen LogP contribution in [0.25, 0.3) is 0 Å². The summed E-state index contributed by atoms with van der Waals surface area (Å²) in [6.45, 7) is 0. The molecule has 0 aromatic rings. The molecule has 0 atom stereocenters. The minimum Gasteiger partial charge on any atom is -1.00 e. The van der Waals surface area contributed by atoms with Gasteiger partial charge in [0.1, 0.15) is 0 Å². The van der Waals surface area contributed by atoms with Crippen molar-refractivity contribution >= 4 is 0 Å². The van der Waals surface area contributed by atoms with Crippen LogP contribution in [-0.4, -0.2) is 0 Å². The molecular formula is Cl4GdNa. The van der Waals surface area contributed by atoms with Crippen LogP contribution < -0.4 is 79.2 Å². The second-order valence-electron chi connectivity index (χ2n) is 0. The van der Waals surface area contributed by atoms with E-state index in [1.165, 1.54) is 0 Å². The van der Waals surface area contributed by atoms with Crippen molar-refractivity contribution < 1.29 is 119 Å². The Bertz CT molecular complexity index is 7.51. The standard InChI is InChI=1S/4ClH.Gd.Na/h4*1H;;/q;;;;+3;+1/p-4. The Balaban J connectivity index is 0. The van der Waals surface area contributed by atoms with E-state index < -0.39 is 0 Å². The third kappa shape index (κ3) is 25.9. The van der Waals surface area contributed by atoms with Crippen LogP contribution in [0.5, 0.6) is 0 Å². The van der Waals surface area contributed by atoms with Crippen LogP contribution in [0.4, 0.5) is 0 Å². The fraction of sp³-hybridized carbons (Fsp3) is 0. The van der Waals surface area contributed by atoms with Gasteiger partial charge < -0.3 is 49.6 Å². The first kappa shape index (κ1) is 56.2. The van der Waals surface area contributed by atoms with Gasteiger partial charge in [-0.2, -0.15) is 0 Å². The largest absolute Gasteiger partial charge is 3.00 e. The van der Waals surface area contributed by atoms with E-state index in [1.54, 1.807) is 0 Å². The maximum atomic E-state index is 0. The van der Waals surface area contributed by atoms with Crippen molar-refractivity contribution in [3.63, 3.8) is 0 Å². The SMILES string of the molecule is [Cl-].[Cl-].[Cl-].[Cl-].[Gd+3].[Na+]. The summed E-state index contributed by atoms with van der Waals surface area (Å²) in [5.74, 6) is 0. The Morgan fingerprint density at radius 3 is 0.500 bits per heavy atom. The Labute approximate surface area is 117 Å². The van der Waals surface area contributed by atoms with E-state index in [9.17, 15) is 0 Å². The van der Waals surface area contributed by atoms with Crippen LogP contribution in [0.1, 0.15) is 0 Å². The van der Waals surface area contributed by atoms with Gasteiger partial charge in [0.2, 0.25) is 0 Å². The van der Waals surface area contributed by atoms with Gasteiger partial charge in [0.25, 0.3) is 0 Å². The van der Waals surface area contributed by atoms with Crippen LogP contribution in [0.3, 0.4) is 0 Å². The van der Waals surface area contributed by atoms with Gasteiger partial charge in [0, 0.05) is 0 Å². The summed E-state index contributed by atoms with van der Waals surface area (Å²) < 4.78 is 0. The van der Waals surface area contributed by atoms with Gasteiger partial charge >= 0.3 is 69.5 Å². The summed E-state index contributed by atoms with van der Waals surface area (Å²) in [4.78, 5) is 0. The normalized spacial score (nSPS) is 0. The molecule has 0 saturated heterocycles. The zero-order valence-corrected chi connectivity index (χ0v) is 10.2. The molecule has 0 aliphatic carbocycles. The third-order valence-corrected chi connectivity index (χ3v) is 0.